The summed E-state index contributed by atoms with van der Waals surface area (Å²) in [6.45, 7) is 4.81. The first-order valence-corrected chi connectivity index (χ1v) is 6.55. The van der Waals surface area contributed by atoms with Crippen molar-refractivity contribution in [1.82, 2.24) is 4.90 Å². The number of benzene rings is 1. The molecule has 0 amide bonds. The Morgan fingerprint density at radius 3 is 2.94 bits per heavy atom. The summed E-state index contributed by atoms with van der Waals surface area (Å²) in [5.74, 6) is -0.306. The van der Waals surface area contributed by atoms with Crippen molar-refractivity contribution in [2.24, 2.45) is 11.7 Å². The number of hydrogen-bond acceptors (Lipinski definition) is 3. The average molecular weight is 252 g/mol. The minimum Gasteiger partial charge on any atom is -0.505 e. The van der Waals surface area contributed by atoms with Crippen molar-refractivity contribution in [3.63, 3.8) is 0 Å². The molecule has 0 aromatic heterocycles. The molecule has 1 heterocycles. The lowest BCUT2D eigenvalue weighted by atomic mass is 9.90. The van der Waals surface area contributed by atoms with Crippen LogP contribution in [0.1, 0.15) is 25.3 Å². The molecule has 3 N–H and O–H groups in total. The van der Waals surface area contributed by atoms with Gasteiger partial charge in [0.05, 0.1) is 0 Å². The Kier molecular flexibility index (Phi) is 4.19. The molecule has 3 nitrogen and oxygen atoms in total. The van der Waals surface area contributed by atoms with Crippen LogP contribution in [0.5, 0.6) is 5.75 Å². The van der Waals surface area contributed by atoms with Gasteiger partial charge < -0.3 is 10.8 Å². The topological polar surface area (TPSA) is 49.5 Å². The summed E-state index contributed by atoms with van der Waals surface area (Å²) >= 11 is 0. The normalized spacial score (nSPS) is 25.3. The number of phenolic OH excluding ortho intramolecular Hbond substituents is 1. The average Bonchev–Trinajstić information content (AvgIpc) is 2.36. The summed E-state index contributed by atoms with van der Waals surface area (Å²) in [4.78, 5) is 2.31. The van der Waals surface area contributed by atoms with Crippen molar-refractivity contribution in [2.75, 3.05) is 13.1 Å². The Labute approximate surface area is 107 Å². The molecule has 18 heavy (non-hydrogen) atoms. The molecule has 1 aromatic carbocycles. The van der Waals surface area contributed by atoms with Crippen LogP contribution >= 0.6 is 0 Å². The zero-order valence-corrected chi connectivity index (χ0v) is 10.8. The second kappa shape index (κ2) is 5.67. The minimum atomic E-state index is -0.548. The van der Waals surface area contributed by atoms with E-state index in [9.17, 15) is 4.39 Å². The van der Waals surface area contributed by atoms with E-state index in [1.165, 1.54) is 12.1 Å². The van der Waals surface area contributed by atoms with Gasteiger partial charge in [-0.3, -0.25) is 4.90 Å². The molecule has 0 saturated carbocycles. The Hall–Kier alpha value is -1.13. The fourth-order valence-electron chi connectivity index (χ4n) is 2.61. The maximum Gasteiger partial charge on any atom is 0.165 e. The van der Waals surface area contributed by atoms with E-state index >= 15 is 0 Å². The van der Waals surface area contributed by atoms with Gasteiger partial charge >= 0.3 is 0 Å². The highest BCUT2D eigenvalue weighted by atomic mass is 19.1. The molecule has 4 heteroatoms. The molecular formula is C14H21FN2O. The van der Waals surface area contributed by atoms with Gasteiger partial charge in [-0.05, 0) is 36.6 Å². The highest BCUT2D eigenvalue weighted by Crippen LogP contribution is 2.22. The molecule has 1 fully saturated rings. The molecular weight excluding hydrogens is 231 g/mol. The molecule has 1 aromatic rings. The maximum atomic E-state index is 13.2. The van der Waals surface area contributed by atoms with Gasteiger partial charge in [0.1, 0.15) is 0 Å². The highest BCUT2D eigenvalue weighted by molar-refractivity contribution is 5.28. The van der Waals surface area contributed by atoms with Crippen molar-refractivity contribution >= 4 is 0 Å². The Morgan fingerprint density at radius 2 is 2.28 bits per heavy atom. The molecule has 1 saturated heterocycles. The maximum absolute atomic E-state index is 13.2. The van der Waals surface area contributed by atoms with Gasteiger partial charge in [0, 0.05) is 19.1 Å². The number of likely N-dealkylation sites (tertiary alicyclic amines) is 1. The smallest absolute Gasteiger partial charge is 0.165 e. The third-order valence-electron chi connectivity index (χ3n) is 3.82. The van der Waals surface area contributed by atoms with Crippen LogP contribution in [0.15, 0.2) is 18.2 Å². The van der Waals surface area contributed by atoms with E-state index in [0.29, 0.717) is 12.0 Å². The number of halogens is 1. The second-order valence-electron chi connectivity index (χ2n) is 5.14. The number of rotatable bonds is 3. The van der Waals surface area contributed by atoms with E-state index < -0.39 is 5.82 Å². The Bertz CT molecular complexity index is 411. The first-order chi connectivity index (χ1) is 8.60. The lowest BCUT2D eigenvalue weighted by molar-refractivity contribution is 0.145. The molecule has 0 spiro atoms. The number of piperidine rings is 1. The number of nitrogens with two attached hydrogens (primary N) is 1. The van der Waals surface area contributed by atoms with Crippen LogP contribution in [0.3, 0.4) is 0 Å². The number of nitrogens with zero attached hydrogens (tertiary/aromatic N) is 1. The largest absolute Gasteiger partial charge is 0.505 e. The fourth-order valence-corrected chi connectivity index (χ4v) is 2.61. The zero-order valence-electron chi connectivity index (χ0n) is 10.8. The number of hydrogen-bond donors (Lipinski definition) is 2. The lowest BCUT2D eigenvalue weighted by Crippen LogP contribution is -2.46. The molecule has 2 unspecified atom stereocenters. The van der Waals surface area contributed by atoms with Crippen LogP contribution in [-0.4, -0.2) is 29.1 Å². The summed E-state index contributed by atoms with van der Waals surface area (Å²) in [7, 11) is 0. The van der Waals surface area contributed by atoms with Gasteiger partial charge in [-0.2, -0.15) is 0 Å². The molecule has 2 atom stereocenters. The molecule has 1 aliphatic heterocycles. The first-order valence-electron chi connectivity index (χ1n) is 6.55. The first kappa shape index (κ1) is 13.3. The van der Waals surface area contributed by atoms with E-state index in [1.807, 2.05) is 0 Å². The molecule has 2 rings (SSSR count). The monoisotopic (exact) mass is 252 g/mol. The van der Waals surface area contributed by atoms with Gasteiger partial charge in [0.25, 0.3) is 0 Å². The van der Waals surface area contributed by atoms with Crippen molar-refractivity contribution in [3.8, 4) is 5.75 Å². The minimum absolute atomic E-state index is 0.286. The number of aromatic hydroxyl groups is 1. The van der Waals surface area contributed by atoms with Crippen LogP contribution in [-0.2, 0) is 6.54 Å². The third-order valence-corrected chi connectivity index (χ3v) is 3.82. The van der Waals surface area contributed by atoms with Gasteiger partial charge in [-0.15, -0.1) is 0 Å². The second-order valence-corrected chi connectivity index (χ2v) is 5.14. The predicted molar refractivity (Wildman–Crippen MR) is 69.7 cm³/mol. The Morgan fingerprint density at radius 1 is 1.50 bits per heavy atom. The summed E-state index contributed by atoms with van der Waals surface area (Å²) in [5.41, 5.74) is 6.97. The standard InChI is InChI=1S/C14H21FN2O/c1-2-11-9-17(6-5-13(11)16)8-10-3-4-14(18)12(15)7-10/h3-4,7,11,13,18H,2,5-6,8-9,16H2,1H3. The van der Waals surface area contributed by atoms with Crippen molar-refractivity contribution in [2.45, 2.75) is 32.4 Å². The van der Waals surface area contributed by atoms with Crippen LogP contribution in [0.25, 0.3) is 0 Å². The highest BCUT2D eigenvalue weighted by Gasteiger charge is 2.25. The van der Waals surface area contributed by atoms with Crippen LogP contribution < -0.4 is 5.73 Å². The Balaban J connectivity index is 1.99. The van der Waals surface area contributed by atoms with Crippen LogP contribution in [0, 0.1) is 11.7 Å². The molecule has 100 valence electrons. The van der Waals surface area contributed by atoms with Gasteiger partial charge in [-0.25, -0.2) is 4.39 Å². The van der Waals surface area contributed by atoms with Crippen molar-refractivity contribution in [3.05, 3.63) is 29.6 Å². The number of phenols is 1. The quantitative estimate of drug-likeness (QED) is 0.866. The van der Waals surface area contributed by atoms with E-state index in [0.717, 1.165) is 38.0 Å². The molecule has 0 aliphatic carbocycles. The summed E-state index contributed by atoms with van der Waals surface area (Å²) < 4.78 is 13.2. The molecule has 0 radical (unpaired) electrons. The van der Waals surface area contributed by atoms with Crippen molar-refractivity contribution < 1.29 is 9.50 Å². The summed E-state index contributed by atoms with van der Waals surface area (Å²) in [5, 5.41) is 9.16. The van der Waals surface area contributed by atoms with E-state index in [2.05, 4.69) is 11.8 Å². The van der Waals surface area contributed by atoms with Crippen molar-refractivity contribution in [1.29, 1.82) is 0 Å². The fraction of sp³-hybridized carbons (Fsp3) is 0.571. The molecule has 1 aliphatic rings. The van der Waals surface area contributed by atoms with E-state index in [-0.39, 0.29) is 5.75 Å². The van der Waals surface area contributed by atoms with Crippen LogP contribution in [0.2, 0.25) is 0 Å². The van der Waals surface area contributed by atoms with E-state index in [4.69, 9.17) is 10.8 Å². The summed E-state index contributed by atoms with van der Waals surface area (Å²) in [6, 6.07) is 4.89. The zero-order chi connectivity index (χ0) is 13.1. The molecule has 0 bridgehead atoms. The SMILES string of the molecule is CCC1CN(Cc2ccc(O)c(F)c2)CCC1N. The third kappa shape index (κ3) is 3.00. The van der Waals surface area contributed by atoms with Gasteiger partial charge in [0.15, 0.2) is 11.6 Å². The van der Waals surface area contributed by atoms with Gasteiger partial charge in [0.2, 0.25) is 0 Å². The summed E-state index contributed by atoms with van der Waals surface area (Å²) in [6.07, 6.45) is 2.08. The van der Waals surface area contributed by atoms with E-state index in [1.54, 1.807) is 6.07 Å². The van der Waals surface area contributed by atoms with Gasteiger partial charge in [-0.1, -0.05) is 19.4 Å². The predicted octanol–water partition coefficient (Wildman–Crippen LogP) is 2.09. The lowest BCUT2D eigenvalue weighted by Gasteiger charge is -2.36. The van der Waals surface area contributed by atoms with Crippen LogP contribution in [0.4, 0.5) is 4.39 Å².